The monoisotopic (exact) mass is 319 g/mol. The van der Waals surface area contributed by atoms with Gasteiger partial charge in [-0.05, 0) is 56.9 Å². The first-order valence-electron chi connectivity index (χ1n) is 7.79. The average Bonchev–Trinajstić information content (AvgIpc) is 2.47. The number of aryl methyl sites for hydroxylation is 1. The number of carbonyl (C=O) groups is 2. The summed E-state index contributed by atoms with van der Waals surface area (Å²) in [5, 5.41) is 0. The second-order valence-electron chi connectivity index (χ2n) is 7.00. The van der Waals surface area contributed by atoms with Gasteiger partial charge in [0, 0.05) is 6.42 Å². The molecule has 1 aliphatic heterocycles. The van der Waals surface area contributed by atoms with Gasteiger partial charge >= 0.3 is 12.1 Å². The van der Waals surface area contributed by atoms with Gasteiger partial charge in [0.2, 0.25) is 0 Å². The van der Waals surface area contributed by atoms with Crippen LogP contribution in [0.3, 0.4) is 0 Å². The van der Waals surface area contributed by atoms with E-state index < -0.39 is 23.7 Å². The van der Waals surface area contributed by atoms with Crippen molar-refractivity contribution < 1.29 is 19.1 Å². The standard InChI is InChI=1S/C18H25NO4/c1-11-7-8-13-10-19(17(21)23-18(3,4)5)15(16(20)22-6)9-14(13)12(11)2/h7-8,15H,9-10H2,1-6H3. The van der Waals surface area contributed by atoms with Crippen molar-refractivity contribution in [2.45, 2.75) is 59.2 Å². The molecule has 1 atom stereocenters. The van der Waals surface area contributed by atoms with Crippen LogP contribution in [0.2, 0.25) is 0 Å². The highest BCUT2D eigenvalue weighted by Crippen LogP contribution is 2.29. The fraction of sp³-hybridized carbons (Fsp3) is 0.556. The van der Waals surface area contributed by atoms with Crippen LogP contribution >= 0.6 is 0 Å². The molecule has 0 saturated carbocycles. The van der Waals surface area contributed by atoms with Crippen molar-refractivity contribution in [3.05, 3.63) is 34.4 Å². The maximum absolute atomic E-state index is 12.5. The molecule has 126 valence electrons. The van der Waals surface area contributed by atoms with E-state index in [1.807, 2.05) is 46.8 Å². The van der Waals surface area contributed by atoms with E-state index in [0.717, 1.165) is 11.1 Å². The third-order valence-corrected chi connectivity index (χ3v) is 4.18. The van der Waals surface area contributed by atoms with Crippen molar-refractivity contribution in [1.82, 2.24) is 4.90 Å². The Bertz CT molecular complexity index is 631. The molecule has 1 aliphatic rings. The molecular weight excluding hydrogens is 294 g/mol. The highest BCUT2D eigenvalue weighted by Gasteiger charge is 2.38. The number of hydrogen-bond acceptors (Lipinski definition) is 4. The molecule has 1 aromatic carbocycles. The smallest absolute Gasteiger partial charge is 0.411 e. The van der Waals surface area contributed by atoms with Crippen molar-refractivity contribution in [2.24, 2.45) is 0 Å². The number of fused-ring (bicyclic) bond motifs is 1. The molecule has 1 heterocycles. The van der Waals surface area contributed by atoms with Gasteiger partial charge in [0.05, 0.1) is 13.7 Å². The molecule has 5 nitrogen and oxygen atoms in total. The van der Waals surface area contributed by atoms with Crippen molar-refractivity contribution in [3.63, 3.8) is 0 Å². The molecule has 2 rings (SSSR count). The molecule has 1 unspecified atom stereocenters. The molecule has 0 saturated heterocycles. The topological polar surface area (TPSA) is 55.8 Å². The molecule has 0 bridgehead atoms. The summed E-state index contributed by atoms with van der Waals surface area (Å²) in [6, 6.07) is 3.41. The Morgan fingerprint density at radius 1 is 1.22 bits per heavy atom. The number of esters is 1. The molecule has 0 radical (unpaired) electrons. The number of hydrogen-bond donors (Lipinski definition) is 0. The minimum atomic E-state index is -0.650. The van der Waals surface area contributed by atoms with E-state index in [1.165, 1.54) is 23.1 Å². The third kappa shape index (κ3) is 3.66. The molecule has 0 spiro atoms. The van der Waals surface area contributed by atoms with Crippen molar-refractivity contribution >= 4 is 12.1 Å². The normalized spacial score (nSPS) is 17.5. The molecule has 23 heavy (non-hydrogen) atoms. The zero-order valence-electron chi connectivity index (χ0n) is 14.7. The Balaban J connectivity index is 2.38. The second-order valence-corrected chi connectivity index (χ2v) is 7.00. The lowest BCUT2D eigenvalue weighted by atomic mass is 9.88. The Morgan fingerprint density at radius 2 is 1.87 bits per heavy atom. The van der Waals surface area contributed by atoms with Crippen LogP contribution in [0.5, 0.6) is 0 Å². The first kappa shape index (κ1) is 17.3. The lowest BCUT2D eigenvalue weighted by Crippen LogP contribution is -2.50. The SMILES string of the molecule is COC(=O)C1Cc2c(ccc(C)c2C)CN1C(=O)OC(C)(C)C. The van der Waals surface area contributed by atoms with Crippen molar-refractivity contribution in [3.8, 4) is 0 Å². The zero-order chi connectivity index (χ0) is 17.4. The highest BCUT2D eigenvalue weighted by molar-refractivity contribution is 5.82. The largest absolute Gasteiger partial charge is 0.467 e. The number of amides is 1. The van der Waals surface area contributed by atoms with Crippen LogP contribution in [0.15, 0.2) is 12.1 Å². The summed E-state index contributed by atoms with van der Waals surface area (Å²) in [7, 11) is 1.34. The van der Waals surface area contributed by atoms with Crippen LogP contribution < -0.4 is 0 Å². The van der Waals surface area contributed by atoms with E-state index in [0.29, 0.717) is 13.0 Å². The quantitative estimate of drug-likeness (QED) is 0.746. The summed E-state index contributed by atoms with van der Waals surface area (Å²) in [6.45, 7) is 9.87. The van der Waals surface area contributed by atoms with Crippen LogP contribution in [0.25, 0.3) is 0 Å². The summed E-state index contributed by atoms with van der Waals surface area (Å²) in [5.41, 5.74) is 3.92. The van der Waals surface area contributed by atoms with Gasteiger partial charge in [-0.25, -0.2) is 9.59 Å². The maximum atomic E-state index is 12.5. The Kier molecular flexibility index (Phi) is 4.68. The van der Waals surface area contributed by atoms with E-state index >= 15 is 0 Å². The fourth-order valence-corrected chi connectivity index (χ4v) is 2.82. The first-order valence-corrected chi connectivity index (χ1v) is 7.79. The number of methoxy groups -OCH3 is 1. The minimum absolute atomic E-state index is 0.352. The van der Waals surface area contributed by atoms with Gasteiger partial charge in [0.1, 0.15) is 11.6 Å². The zero-order valence-corrected chi connectivity index (χ0v) is 14.7. The lowest BCUT2D eigenvalue weighted by molar-refractivity contribution is -0.147. The number of carbonyl (C=O) groups excluding carboxylic acids is 2. The Labute approximate surface area is 137 Å². The fourth-order valence-electron chi connectivity index (χ4n) is 2.82. The molecular formula is C18H25NO4. The van der Waals surface area contributed by atoms with Crippen LogP contribution in [0.4, 0.5) is 4.79 Å². The average molecular weight is 319 g/mol. The number of ether oxygens (including phenoxy) is 2. The van der Waals surface area contributed by atoms with Crippen LogP contribution in [0.1, 0.15) is 43.0 Å². The highest BCUT2D eigenvalue weighted by atomic mass is 16.6. The lowest BCUT2D eigenvalue weighted by Gasteiger charge is -2.37. The van der Waals surface area contributed by atoms with Crippen LogP contribution in [-0.2, 0) is 27.2 Å². The van der Waals surface area contributed by atoms with Gasteiger partial charge < -0.3 is 9.47 Å². The van der Waals surface area contributed by atoms with Crippen molar-refractivity contribution in [1.29, 1.82) is 0 Å². The summed E-state index contributed by atoms with van der Waals surface area (Å²) in [5.74, 6) is -0.414. The molecule has 1 amide bonds. The van der Waals surface area contributed by atoms with E-state index in [1.54, 1.807) is 0 Å². The van der Waals surface area contributed by atoms with Gasteiger partial charge in [-0.2, -0.15) is 0 Å². The summed E-state index contributed by atoms with van der Waals surface area (Å²) in [4.78, 5) is 26.2. The predicted octanol–water partition coefficient (Wildman–Crippen LogP) is 3.14. The Hall–Kier alpha value is -2.04. The molecule has 0 aromatic heterocycles. The Morgan fingerprint density at radius 3 is 2.43 bits per heavy atom. The van der Waals surface area contributed by atoms with Crippen LogP contribution in [0, 0.1) is 13.8 Å². The molecule has 0 fully saturated rings. The predicted molar refractivity (Wildman–Crippen MR) is 87.2 cm³/mol. The number of rotatable bonds is 1. The summed E-state index contributed by atoms with van der Waals surface area (Å²) >= 11 is 0. The summed E-state index contributed by atoms with van der Waals surface area (Å²) in [6.07, 6.45) is -0.0360. The second kappa shape index (κ2) is 6.22. The number of nitrogens with zero attached hydrogens (tertiary/aromatic N) is 1. The van der Waals surface area contributed by atoms with Gasteiger partial charge in [0.15, 0.2) is 0 Å². The van der Waals surface area contributed by atoms with E-state index in [9.17, 15) is 9.59 Å². The van der Waals surface area contributed by atoms with Gasteiger partial charge in [-0.15, -0.1) is 0 Å². The van der Waals surface area contributed by atoms with Crippen molar-refractivity contribution in [2.75, 3.05) is 7.11 Å². The van der Waals surface area contributed by atoms with Gasteiger partial charge in [-0.3, -0.25) is 4.90 Å². The maximum Gasteiger partial charge on any atom is 0.411 e. The van der Waals surface area contributed by atoms with Crippen LogP contribution in [-0.4, -0.2) is 35.7 Å². The van der Waals surface area contributed by atoms with E-state index in [4.69, 9.17) is 9.47 Å². The summed E-state index contributed by atoms with van der Waals surface area (Å²) < 4.78 is 10.3. The molecule has 5 heteroatoms. The molecule has 0 N–H and O–H groups in total. The van der Waals surface area contributed by atoms with E-state index in [-0.39, 0.29) is 0 Å². The van der Waals surface area contributed by atoms with Gasteiger partial charge in [-0.1, -0.05) is 12.1 Å². The third-order valence-electron chi connectivity index (χ3n) is 4.18. The minimum Gasteiger partial charge on any atom is -0.467 e. The van der Waals surface area contributed by atoms with Gasteiger partial charge in [0.25, 0.3) is 0 Å². The first-order chi connectivity index (χ1) is 10.6. The number of benzene rings is 1. The molecule has 0 aliphatic carbocycles. The van der Waals surface area contributed by atoms with E-state index in [2.05, 4.69) is 0 Å². The molecule has 1 aromatic rings.